The molecule has 0 spiro atoms. The lowest BCUT2D eigenvalue weighted by Gasteiger charge is -2.34. The molecule has 170 valence electrons. The van der Waals surface area contributed by atoms with Crippen molar-refractivity contribution in [2.45, 2.75) is 18.2 Å². The second-order valence-corrected chi connectivity index (χ2v) is 10.3. The highest BCUT2D eigenvalue weighted by molar-refractivity contribution is 7.99. The summed E-state index contributed by atoms with van der Waals surface area (Å²) in [6.45, 7) is 7.27. The molecule has 0 aliphatic carbocycles. The smallest absolute Gasteiger partial charge is 0.220 e. The van der Waals surface area contributed by atoms with Gasteiger partial charge in [0.15, 0.2) is 5.13 Å². The molecule has 0 bridgehead atoms. The van der Waals surface area contributed by atoms with E-state index in [-0.39, 0.29) is 11.7 Å². The van der Waals surface area contributed by atoms with Gasteiger partial charge in [0, 0.05) is 56.3 Å². The molecule has 2 heterocycles. The number of thiazole rings is 1. The van der Waals surface area contributed by atoms with E-state index in [1.165, 1.54) is 12.1 Å². The van der Waals surface area contributed by atoms with Crippen molar-refractivity contribution in [1.82, 2.24) is 15.2 Å². The molecule has 1 amide bonds. The number of halogens is 2. The number of rotatable bonds is 8. The Morgan fingerprint density at radius 1 is 1.19 bits per heavy atom. The molecule has 0 unspecified atom stereocenters. The quantitative estimate of drug-likeness (QED) is 0.457. The fourth-order valence-corrected chi connectivity index (χ4v) is 5.84. The Hall–Kier alpha value is -1.87. The predicted molar refractivity (Wildman–Crippen MR) is 133 cm³/mol. The molecule has 0 radical (unpaired) electrons. The van der Waals surface area contributed by atoms with E-state index in [2.05, 4.69) is 22.0 Å². The Morgan fingerprint density at radius 3 is 2.66 bits per heavy atom. The summed E-state index contributed by atoms with van der Waals surface area (Å²) in [6, 6.07) is 10.3. The fraction of sp³-hybridized carbons (Fsp3) is 0.391. The number of carbonyl (C=O) groups is 1. The molecule has 1 saturated heterocycles. The van der Waals surface area contributed by atoms with E-state index < -0.39 is 0 Å². The number of nitrogens with zero attached hydrogens (tertiary/aromatic N) is 3. The van der Waals surface area contributed by atoms with E-state index >= 15 is 0 Å². The summed E-state index contributed by atoms with van der Waals surface area (Å²) < 4.78 is 14.0. The van der Waals surface area contributed by atoms with Crippen molar-refractivity contribution in [3.05, 3.63) is 52.8 Å². The summed E-state index contributed by atoms with van der Waals surface area (Å²) in [7, 11) is 0. The Morgan fingerprint density at radius 2 is 1.94 bits per heavy atom. The van der Waals surface area contributed by atoms with Gasteiger partial charge in [0.25, 0.3) is 0 Å². The number of nitrogens with one attached hydrogen (secondary N) is 1. The molecule has 1 fully saturated rings. The number of aromatic nitrogens is 1. The van der Waals surface area contributed by atoms with Crippen molar-refractivity contribution in [1.29, 1.82) is 0 Å². The van der Waals surface area contributed by atoms with Crippen LogP contribution in [0.1, 0.15) is 12.0 Å². The fourth-order valence-electron chi connectivity index (χ4n) is 3.62. The first-order valence-corrected chi connectivity index (χ1v) is 12.9. The van der Waals surface area contributed by atoms with Crippen LogP contribution in [0.5, 0.6) is 0 Å². The normalized spacial score (nSPS) is 14.8. The third-order valence-corrected chi connectivity index (χ3v) is 8.08. The largest absolute Gasteiger partial charge is 0.355 e. The van der Waals surface area contributed by atoms with Gasteiger partial charge in [-0.25, -0.2) is 9.37 Å². The topological polar surface area (TPSA) is 48.5 Å². The van der Waals surface area contributed by atoms with Crippen molar-refractivity contribution >= 4 is 56.0 Å². The molecule has 9 heteroatoms. The highest BCUT2D eigenvalue weighted by atomic mass is 35.5. The third-order valence-electron chi connectivity index (χ3n) is 5.49. The van der Waals surface area contributed by atoms with Crippen LogP contribution >= 0.6 is 34.7 Å². The molecular weight excluding hydrogens is 467 g/mol. The van der Waals surface area contributed by atoms with Crippen LogP contribution in [0.25, 0.3) is 10.2 Å². The van der Waals surface area contributed by atoms with Crippen LogP contribution in [0.15, 0.2) is 41.3 Å². The number of aryl methyl sites for hydroxylation is 1. The van der Waals surface area contributed by atoms with Gasteiger partial charge in [0.2, 0.25) is 5.91 Å². The van der Waals surface area contributed by atoms with Gasteiger partial charge < -0.3 is 10.2 Å². The van der Waals surface area contributed by atoms with Gasteiger partial charge >= 0.3 is 0 Å². The molecule has 32 heavy (non-hydrogen) atoms. The number of piperazine rings is 1. The van der Waals surface area contributed by atoms with Gasteiger partial charge in [-0.3, -0.25) is 9.69 Å². The maximum atomic E-state index is 12.9. The molecule has 5 nitrogen and oxygen atoms in total. The number of benzene rings is 2. The number of carbonyl (C=O) groups excluding carboxylic acids is 1. The molecular formula is C23H26ClFN4OS2. The summed E-state index contributed by atoms with van der Waals surface area (Å²) in [5, 5.41) is 4.80. The average molecular weight is 493 g/mol. The van der Waals surface area contributed by atoms with E-state index in [4.69, 9.17) is 16.6 Å². The zero-order chi connectivity index (χ0) is 22.5. The standard InChI is InChI=1S/C23H26ClFN4OS2/c1-16-2-7-19(24)22-21(16)27-23(32-22)29-13-11-28(12-14-29)10-9-26-20(30)8-15-31-18-5-3-17(25)4-6-18/h2-7H,8-15H2,1H3,(H,26,30). The van der Waals surface area contributed by atoms with Gasteiger partial charge in [-0.2, -0.15) is 0 Å². The number of fused-ring (bicyclic) bond motifs is 1. The van der Waals surface area contributed by atoms with Crippen molar-refractivity contribution in [3.63, 3.8) is 0 Å². The minimum absolute atomic E-state index is 0.0555. The number of amides is 1. The zero-order valence-electron chi connectivity index (χ0n) is 17.9. The second-order valence-electron chi connectivity index (χ2n) is 7.77. The number of hydrogen-bond acceptors (Lipinski definition) is 6. The molecule has 0 atom stereocenters. The summed E-state index contributed by atoms with van der Waals surface area (Å²) >= 11 is 9.57. The van der Waals surface area contributed by atoms with Gasteiger partial charge in [-0.15, -0.1) is 11.8 Å². The number of anilines is 1. The Labute approximate surface area is 200 Å². The maximum Gasteiger partial charge on any atom is 0.220 e. The summed E-state index contributed by atoms with van der Waals surface area (Å²) in [5.41, 5.74) is 2.15. The van der Waals surface area contributed by atoms with Gasteiger partial charge in [0.1, 0.15) is 5.82 Å². The van der Waals surface area contributed by atoms with Crippen molar-refractivity contribution in [3.8, 4) is 0 Å². The predicted octanol–water partition coefficient (Wildman–Crippen LogP) is 4.82. The molecule has 1 aliphatic heterocycles. The molecule has 1 N–H and O–H groups in total. The summed E-state index contributed by atoms with van der Waals surface area (Å²) in [4.78, 5) is 22.6. The van der Waals surface area contributed by atoms with E-state index in [1.807, 2.05) is 12.1 Å². The highest BCUT2D eigenvalue weighted by Crippen LogP contribution is 2.35. The van der Waals surface area contributed by atoms with Crippen molar-refractivity contribution in [2.24, 2.45) is 0 Å². The second kappa shape index (κ2) is 10.8. The molecule has 3 aromatic rings. The van der Waals surface area contributed by atoms with Crippen LogP contribution in [-0.4, -0.2) is 60.8 Å². The highest BCUT2D eigenvalue weighted by Gasteiger charge is 2.20. The maximum absolute atomic E-state index is 12.9. The van der Waals surface area contributed by atoms with Crippen LogP contribution in [0.2, 0.25) is 5.02 Å². The Kier molecular flexibility index (Phi) is 7.88. The summed E-state index contributed by atoms with van der Waals surface area (Å²) in [6.07, 6.45) is 0.454. The van der Waals surface area contributed by atoms with Crippen molar-refractivity contribution in [2.75, 3.05) is 49.9 Å². The van der Waals surface area contributed by atoms with E-state index in [0.717, 1.165) is 63.6 Å². The van der Waals surface area contributed by atoms with Gasteiger partial charge in [0.05, 0.1) is 15.2 Å². The molecule has 1 aliphatic rings. The molecule has 0 saturated carbocycles. The van der Waals surface area contributed by atoms with E-state index in [1.54, 1.807) is 35.2 Å². The first-order chi connectivity index (χ1) is 15.5. The monoisotopic (exact) mass is 492 g/mol. The van der Waals surface area contributed by atoms with E-state index in [9.17, 15) is 9.18 Å². The Bertz CT molecular complexity index is 1030. The minimum Gasteiger partial charge on any atom is -0.355 e. The van der Waals surface area contributed by atoms with Crippen LogP contribution in [0, 0.1) is 12.7 Å². The molecule has 4 rings (SSSR count). The van der Waals surface area contributed by atoms with E-state index in [0.29, 0.717) is 18.7 Å². The number of hydrogen-bond donors (Lipinski definition) is 1. The minimum atomic E-state index is -0.243. The van der Waals surface area contributed by atoms with Gasteiger partial charge in [-0.05, 0) is 42.8 Å². The first-order valence-electron chi connectivity index (χ1n) is 10.7. The van der Waals surface area contributed by atoms with Crippen LogP contribution in [-0.2, 0) is 4.79 Å². The first kappa shape index (κ1) is 23.3. The Balaban J connectivity index is 1.15. The summed E-state index contributed by atoms with van der Waals surface area (Å²) in [5.74, 6) is 0.495. The van der Waals surface area contributed by atoms with Crippen LogP contribution in [0.4, 0.5) is 9.52 Å². The molecule has 1 aromatic heterocycles. The van der Waals surface area contributed by atoms with Crippen LogP contribution < -0.4 is 10.2 Å². The number of thioether (sulfide) groups is 1. The SMILES string of the molecule is Cc1ccc(Cl)c2sc(N3CCN(CCNC(=O)CCSc4ccc(F)cc4)CC3)nc12. The van der Waals surface area contributed by atoms with Crippen LogP contribution in [0.3, 0.4) is 0 Å². The molecule has 2 aromatic carbocycles. The van der Waals surface area contributed by atoms with Gasteiger partial charge in [-0.1, -0.05) is 29.0 Å². The lowest BCUT2D eigenvalue weighted by Crippen LogP contribution is -2.48. The van der Waals surface area contributed by atoms with Crippen molar-refractivity contribution < 1.29 is 9.18 Å². The lowest BCUT2D eigenvalue weighted by atomic mass is 10.2. The third kappa shape index (κ3) is 5.92. The zero-order valence-corrected chi connectivity index (χ0v) is 20.3. The lowest BCUT2D eigenvalue weighted by molar-refractivity contribution is -0.120. The average Bonchev–Trinajstić information content (AvgIpc) is 3.25.